The van der Waals surface area contributed by atoms with Crippen molar-refractivity contribution in [1.29, 1.82) is 0 Å². The molecule has 1 unspecified atom stereocenters. The topological polar surface area (TPSA) is 12.0 Å². The van der Waals surface area contributed by atoms with E-state index in [4.69, 9.17) is 11.6 Å². The van der Waals surface area contributed by atoms with Crippen molar-refractivity contribution >= 4 is 22.9 Å². The highest BCUT2D eigenvalue weighted by Gasteiger charge is 2.24. The Labute approximate surface area is 135 Å². The summed E-state index contributed by atoms with van der Waals surface area (Å²) < 4.78 is 14.2. The van der Waals surface area contributed by atoms with E-state index in [0.29, 0.717) is 10.6 Å². The number of hydrogen-bond donors (Lipinski definition) is 1. The van der Waals surface area contributed by atoms with E-state index >= 15 is 0 Å². The van der Waals surface area contributed by atoms with Crippen molar-refractivity contribution in [1.82, 2.24) is 5.32 Å². The molecule has 0 saturated carbocycles. The van der Waals surface area contributed by atoms with Gasteiger partial charge < -0.3 is 5.32 Å². The molecule has 1 aromatic carbocycles. The van der Waals surface area contributed by atoms with E-state index in [9.17, 15) is 4.39 Å². The maximum absolute atomic E-state index is 14.2. The summed E-state index contributed by atoms with van der Waals surface area (Å²) in [5.74, 6) is -0.265. The van der Waals surface area contributed by atoms with Gasteiger partial charge >= 0.3 is 0 Å². The standard InChI is InChI=1S/C17H21ClFNS/c1-5-20-16(15-11(18)7-6-8-12(15)19)13-9-10-14(21-13)17(2,3)4/h6-10,16,20H,5H2,1-4H3. The second-order valence-electron chi connectivity index (χ2n) is 6.08. The van der Waals surface area contributed by atoms with E-state index in [1.165, 1.54) is 10.9 Å². The maximum atomic E-state index is 14.2. The molecule has 1 nitrogen and oxygen atoms in total. The Kier molecular flexibility index (Phi) is 5.07. The van der Waals surface area contributed by atoms with E-state index in [1.54, 1.807) is 23.5 Å². The van der Waals surface area contributed by atoms with Crippen molar-refractivity contribution in [2.24, 2.45) is 0 Å². The highest BCUT2D eigenvalue weighted by Crippen LogP contribution is 2.37. The fraction of sp³-hybridized carbons (Fsp3) is 0.412. The van der Waals surface area contributed by atoms with Crippen LogP contribution in [0, 0.1) is 5.82 Å². The van der Waals surface area contributed by atoms with Gasteiger partial charge in [-0.05, 0) is 36.2 Å². The van der Waals surface area contributed by atoms with Gasteiger partial charge in [0.2, 0.25) is 0 Å². The van der Waals surface area contributed by atoms with E-state index in [1.807, 2.05) is 6.92 Å². The van der Waals surface area contributed by atoms with Crippen LogP contribution in [0.3, 0.4) is 0 Å². The second-order valence-corrected chi connectivity index (χ2v) is 7.60. The van der Waals surface area contributed by atoms with Crippen molar-refractivity contribution in [3.05, 3.63) is 56.5 Å². The SMILES string of the molecule is CCNC(c1ccc(C(C)(C)C)s1)c1c(F)cccc1Cl. The number of rotatable bonds is 4. The van der Waals surface area contributed by atoms with E-state index in [-0.39, 0.29) is 17.3 Å². The molecule has 0 aliphatic carbocycles. The fourth-order valence-electron chi connectivity index (χ4n) is 2.25. The molecule has 114 valence electrons. The third-order valence-corrected chi connectivity index (χ3v) is 5.25. The third-order valence-electron chi connectivity index (χ3n) is 3.35. The molecule has 0 radical (unpaired) electrons. The molecule has 0 saturated heterocycles. The van der Waals surface area contributed by atoms with Crippen LogP contribution in [0.25, 0.3) is 0 Å². The Bertz CT molecular complexity index is 595. The van der Waals surface area contributed by atoms with Crippen LogP contribution in [0.15, 0.2) is 30.3 Å². The van der Waals surface area contributed by atoms with Crippen molar-refractivity contribution in [2.45, 2.75) is 39.2 Å². The summed E-state index contributed by atoms with van der Waals surface area (Å²) in [5.41, 5.74) is 0.627. The average molecular weight is 326 g/mol. The molecular weight excluding hydrogens is 305 g/mol. The van der Waals surface area contributed by atoms with Gasteiger partial charge in [0, 0.05) is 20.3 Å². The lowest BCUT2D eigenvalue weighted by Crippen LogP contribution is -2.22. The molecule has 0 aliphatic rings. The van der Waals surface area contributed by atoms with Gasteiger partial charge in [-0.2, -0.15) is 0 Å². The van der Waals surface area contributed by atoms with Crippen LogP contribution < -0.4 is 5.32 Å². The molecule has 1 atom stereocenters. The minimum atomic E-state index is -0.265. The largest absolute Gasteiger partial charge is 0.306 e. The van der Waals surface area contributed by atoms with Crippen LogP contribution in [-0.2, 0) is 5.41 Å². The third kappa shape index (κ3) is 3.65. The van der Waals surface area contributed by atoms with Crippen molar-refractivity contribution < 1.29 is 4.39 Å². The van der Waals surface area contributed by atoms with Crippen LogP contribution in [0.5, 0.6) is 0 Å². The molecule has 4 heteroatoms. The molecule has 2 rings (SSSR count). The van der Waals surface area contributed by atoms with Gasteiger partial charge in [-0.25, -0.2) is 4.39 Å². The first kappa shape index (κ1) is 16.5. The summed E-state index contributed by atoms with van der Waals surface area (Å²) in [5, 5.41) is 3.81. The lowest BCUT2D eigenvalue weighted by Gasteiger charge is -2.20. The Morgan fingerprint density at radius 1 is 1.24 bits per heavy atom. The monoisotopic (exact) mass is 325 g/mol. The molecule has 0 amide bonds. The van der Waals surface area contributed by atoms with Crippen LogP contribution in [0.1, 0.15) is 49.1 Å². The van der Waals surface area contributed by atoms with Gasteiger partial charge in [0.1, 0.15) is 5.82 Å². The van der Waals surface area contributed by atoms with E-state index in [0.717, 1.165) is 11.4 Å². The van der Waals surface area contributed by atoms with Gasteiger partial charge in [0.25, 0.3) is 0 Å². The highest BCUT2D eigenvalue weighted by atomic mass is 35.5. The van der Waals surface area contributed by atoms with Crippen LogP contribution in [0.4, 0.5) is 4.39 Å². The van der Waals surface area contributed by atoms with Gasteiger partial charge in [-0.15, -0.1) is 11.3 Å². The summed E-state index contributed by atoms with van der Waals surface area (Å²) in [4.78, 5) is 2.38. The van der Waals surface area contributed by atoms with E-state index in [2.05, 4.69) is 38.2 Å². The molecule has 21 heavy (non-hydrogen) atoms. The Hall–Kier alpha value is -0.900. The summed E-state index contributed by atoms with van der Waals surface area (Å²) >= 11 is 7.94. The molecule has 0 bridgehead atoms. The molecule has 2 aromatic rings. The number of benzene rings is 1. The minimum absolute atomic E-state index is 0.0959. The summed E-state index contributed by atoms with van der Waals surface area (Å²) in [7, 11) is 0. The smallest absolute Gasteiger partial charge is 0.129 e. The Morgan fingerprint density at radius 3 is 2.48 bits per heavy atom. The molecule has 1 aromatic heterocycles. The molecule has 0 spiro atoms. The highest BCUT2D eigenvalue weighted by molar-refractivity contribution is 7.12. The maximum Gasteiger partial charge on any atom is 0.129 e. The van der Waals surface area contributed by atoms with Crippen LogP contribution >= 0.6 is 22.9 Å². The minimum Gasteiger partial charge on any atom is -0.306 e. The van der Waals surface area contributed by atoms with Crippen molar-refractivity contribution in [2.75, 3.05) is 6.54 Å². The first-order valence-corrected chi connectivity index (χ1v) is 8.31. The Morgan fingerprint density at radius 2 is 1.95 bits per heavy atom. The summed E-state index contributed by atoms with van der Waals surface area (Å²) in [6.45, 7) is 9.31. The summed E-state index contributed by atoms with van der Waals surface area (Å²) in [6.07, 6.45) is 0. The zero-order chi connectivity index (χ0) is 15.6. The van der Waals surface area contributed by atoms with Gasteiger partial charge in [0.05, 0.1) is 6.04 Å². The molecule has 0 aliphatic heterocycles. The quantitative estimate of drug-likeness (QED) is 0.778. The van der Waals surface area contributed by atoms with Gasteiger partial charge in [0.15, 0.2) is 0 Å². The normalized spacial score (nSPS) is 13.4. The van der Waals surface area contributed by atoms with Crippen LogP contribution in [0.2, 0.25) is 5.02 Å². The second kappa shape index (κ2) is 6.47. The molecule has 1 heterocycles. The zero-order valence-corrected chi connectivity index (χ0v) is 14.4. The number of thiophene rings is 1. The van der Waals surface area contributed by atoms with Crippen molar-refractivity contribution in [3.8, 4) is 0 Å². The number of halogens is 2. The molecule has 1 N–H and O–H groups in total. The first-order chi connectivity index (χ1) is 9.84. The van der Waals surface area contributed by atoms with Gasteiger partial charge in [-0.1, -0.05) is 45.4 Å². The zero-order valence-electron chi connectivity index (χ0n) is 12.8. The predicted molar refractivity (Wildman–Crippen MR) is 89.9 cm³/mol. The Balaban J connectivity index is 2.47. The lowest BCUT2D eigenvalue weighted by atomic mass is 9.95. The summed E-state index contributed by atoms with van der Waals surface area (Å²) in [6, 6.07) is 8.83. The average Bonchev–Trinajstić information content (AvgIpc) is 2.86. The van der Waals surface area contributed by atoms with Crippen molar-refractivity contribution in [3.63, 3.8) is 0 Å². The van der Waals surface area contributed by atoms with Crippen LogP contribution in [-0.4, -0.2) is 6.54 Å². The lowest BCUT2D eigenvalue weighted by molar-refractivity contribution is 0.563. The predicted octanol–water partition coefficient (Wildman–Crippen LogP) is 5.54. The van der Waals surface area contributed by atoms with E-state index < -0.39 is 0 Å². The first-order valence-electron chi connectivity index (χ1n) is 7.12. The molecular formula is C17H21ClFNS. The number of nitrogens with one attached hydrogen (secondary N) is 1. The number of hydrogen-bond acceptors (Lipinski definition) is 2. The molecule has 0 fully saturated rings. The van der Waals surface area contributed by atoms with Gasteiger partial charge in [-0.3, -0.25) is 0 Å². The fourth-order valence-corrected chi connectivity index (χ4v) is 3.67.